The average molecular weight is 387 g/mol. The number of aromatic nitrogens is 2. The van der Waals surface area contributed by atoms with E-state index >= 15 is 0 Å². The van der Waals surface area contributed by atoms with E-state index in [1.54, 1.807) is 18.6 Å². The van der Waals surface area contributed by atoms with Crippen LogP contribution >= 0.6 is 0 Å². The van der Waals surface area contributed by atoms with E-state index in [4.69, 9.17) is 0 Å². The number of anilines is 3. The lowest BCUT2D eigenvalue weighted by molar-refractivity contribution is -0.115. The molecule has 0 unspecified atom stereocenters. The number of fused-ring (bicyclic) bond motifs is 1. The van der Waals surface area contributed by atoms with Crippen molar-refractivity contribution >= 4 is 23.1 Å². The number of pyridine rings is 2. The van der Waals surface area contributed by atoms with Crippen LogP contribution in [-0.2, 0) is 23.2 Å². The second-order valence-electron chi connectivity index (χ2n) is 7.94. The minimum atomic E-state index is -0.0674. The molecule has 1 aromatic carbocycles. The molecule has 1 aliphatic heterocycles. The van der Waals surface area contributed by atoms with Crippen molar-refractivity contribution in [3.63, 3.8) is 0 Å². The standard InChI is InChI=1S/C23H25N5O/c1-23(2)15-27-20-13-18(5-6-19(20)23)28-21(29)12-17-4-3-9-25-22(17)26-14-16-7-10-24-11-8-16/h3-11,13,27H,12,14-15H2,1-2H3,(H,25,26)(H,28,29). The molecule has 3 N–H and O–H groups in total. The molecule has 0 saturated heterocycles. The first-order valence-electron chi connectivity index (χ1n) is 9.76. The Kier molecular flexibility index (Phi) is 5.16. The number of nitrogens with one attached hydrogen (secondary N) is 3. The third kappa shape index (κ3) is 4.37. The number of nitrogens with zero attached hydrogens (tertiary/aromatic N) is 2. The van der Waals surface area contributed by atoms with Gasteiger partial charge >= 0.3 is 0 Å². The molecule has 2 aromatic heterocycles. The van der Waals surface area contributed by atoms with Crippen LogP contribution in [0.4, 0.5) is 17.2 Å². The SMILES string of the molecule is CC1(C)CNc2cc(NC(=O)Cc3cccnc3NCc3ccncc3)ccc21. The Bertz CT molecular complexity index is 1020. The molecule has 0 atom stereocenters. The molecule has 0 fully saturated rings. The minimum Gasteiger partial charge on any atom is -0.384 e. The monoisotopic (exact) mass is 387 g/mol. The van der Waals surface area contributed by atoms with Crippen molar-refractivity contribution in [1.29, 1.82) is 0 Å². The highest BCUT2D eigenvalue weighted by Gasteiger charge is 2.29. The summed E-state index contributed by atoms with van der Waals surface area (Å²) >= 11 is 0. The zero-order valence-corrected chi connectivity index (χ0v) is 16.7. The Morgan fingerprint density at radius 3 is 2.79 bits per heavy atom. The van der Waals surface area contributed by atoms with E-state index in [-0.39, 0.29) is 17.7 Å². The maximum Gasteiger partial charge on any atom is 0.228 e. The predicted molar refractivity (Wildman–Crippen MR) is 116 cm³/mol. The van der Waals surface area contributed by atoms with Gasteiger partial charge in [0.25, 0.3) is 0 Å². The fourth-order valence-electron chi connectivity index (χ4n) is 3.57. The summed E-state index contributed by atoms with van der Waals surface area (Å²) in [5.74, 6) is 0.652. The summed E-state index contributed by atoms with van der Waals surface area (Å²) in [5, 5.41) is 9.74. The quantitative estimate of drug-likeness (QED) is 0.596. The Morgan fingerprint density at radius 2 is 1.97 bits per heavy atom. The topological polar surface area (TPSA) is 78.9 Å². The molecule has 3 aromatic rings. The van der Waals surface area contributed by atoms with Crippen molar-refractivity contribution in [2.75, 3.05) is 22.5 Å². The summed E-state index contributed by atoms with van der Waals surface area (Å²) in [4.78, 5) is 21.1. The number of carbonyl (C=O) groups is 1. The van der Waals surface area contributed by atoms with Gasteiger partial charge in [0, 0.05) is 54.0 Å². The minimum absolute atomic E-state index is 0.0674. The van der Waals surface area contributed by atoms with Crippen molar-refractivity contribution < 1.29 is 4.79 Å². The molecular formula is C23H25N5O. The first-order chi connectivity index (χ1) is 14.0. The lowest BCUT2D eigenvalue weighted by atomic mass is 9.87. The molecule has 0 bridgehead atoms. The van der Waals surface area contributed by atoms with Crippen LogP contribution in [0.1, 0.15) is 30.5 Å². The van der Waals surface area contributed by atoms with Crippen molar-refractivity contribution in [1.82, 2.24) is 9.97 Å². The lowest BCUT2D eigenvalue weighted by Gasteiger charge is -2.17. The van der Waals surface area contributed by atoms with E-state index in [2.05, 4.69) is 45.8 Å². The zero-order chi connectivity index (χ0) is 20.3. The fraction of sp³-hybridized carbons (Fsp3) is 0.261. The highest BCUT2D eigenvalue weighted by atomic mass is 16.1. The molecule has 148 valence electrons. The van der Waals surface area contributed by atoms with Crippen molar-refractivity contribution in [2.45, 2.75) is 32.2 Å². The first kappa shape index (κ1) is 18.9. The van der Waals surface area contributed by atoms with Crippen LogP contribution in [0.15, 0.2) is 61.1 Å². The Labute approximate surface area is 170 Å². The van der Waals surface area contributed by atoms with Gasteiger partial charge in [-0.15, -0.1) is 0 Å². The van der Waals surface area contributed by atoms with Gasteiger partial charge in [-0.3, -0.25) is 9.78 Å². The van der Waals surface area contributed by atoms with Gasteiger partial charge < -0.3 is 16.0 Å². The Morgan fingerprint density at radius 1 is 1.14 bits per heavy atom. The number of hydrogen-bond donors (Lipinski definition) is 3. The molecule has 3 heterocycles. The third-order valence-corrected chi connectivity index (χ3v) is 5.20. The molecule has 4 rings (SSSR count). The number of amides is 1. The van der Waals surface area contributed by atoms with Crippen LogP contribution in [0.5, 0.6) is 0 Å². The molecule has 0 spiro atoms. The molecule has 0 aliphatic carbocycles. The number of rotatable bonds is 6. The van der Waals surface area contributed by atoms with Gasteiger partial charge in [-0.1, -0.05) is 26.0 Å². The molecule has 0 saturated carbocycles. The van der Waals surface area contributed by atoms with Gasteiger partial charge in [0.15, 0.2) is 0 Å². The molecule has 6 nitrogen and oxygen atoms in total. The number of hydrogen-bond acceptors (Lipinski definition) is 5. The van der Waals surface area contributed by atoms with Gasteiger partial charge in [-0.25, -0.2) is 4.98 Å². The van der Waals surface area contributed by atoms with Crippen molar-refractivity contribution in [3.05, 3.63) is 77.7 Å². The average Bonchev–Trinajstić information content (AvgIpc) is 3.02. The summed E-state index contributed by atoms with van der Waals surface area (Å²) in [6.07, 6.45) is 5.50. The highest BCUT2D eigenvalue weighted by molar-refractivity contribution is 5.93. The van der Waals surface area contributed by atoms with Crippen LogP contribution in [-0.4, -0.2) is 22.4 Å². The van der Waals surface area contributed by atoms with E-state index in [1.807, 2.05) is 36.4 Å². The number of benzene rings is 1. The maximum atomic E-state index is 12.6. The summed E-state index contributed by atoms with van der Waals surface area (Å²) < 4.78 is 0. The Hall–Kier alpha value is -3.41. The summed E-state index contributed by atoms with van der Waals surface area (Å²) in [7, 11) is 0. The van der Waals surface area contributed by atoms with E-state index in [0.29, 0.717) is 6.54 Å². The molecule has 29 heavy (non-hydrogen) atoms. The second kappa shape index (κ2) is 7.91. The van der Waals surface area contributed by atoms with E-state index in [0.717, 1.165) is 34.9 Å². The van der Waals surface area contributed by atoms with Crippen LogP contribution in [0, 0.1) is 0 Å². The fourth-order valence-corrected chi connectivity index (χ4v) is 3.57. The Balaban J connectivity index is 1.41. The van der Waals surface area contributed by atoms with E-state index in [9.17, 15) is 4.79 Å². The van der Waals surface area contributed by atoms with E-state index in [1.165, 1.54) is 5.56 Å². The second-order valence-corrected chi connectivity index (χ2v) is 7.94. The summed E-state index contributed by atoms with van der Waals surface area (Å²) in [6.45, 7) is 5.96. The van der Waals surface area contributed by atoms with Gasteiger partial charge in [-0.05, 0) is 41.5 Å². The van der Waals surface area contributed by atoms with Crippen LogP contribution in [0.25, 0.3) is 0 Å². The van der Waals surface area contributed by atoms with Gasteiger partial charge in [-0.2, -0.15) is 0 Å². The lowest BCUT2D eigenvalue weighted by Crippen LogP contribution is -2.18. The smallest absolute Gasteiger partial charge is 0.228 e. The largest absolute Gasteiger partial charge is 0.384 e. The van der Waals surface area contributed by atoms with Crippen molar-refractivity contribution in [3.8, 4) is 0 Å². The molecule has 1 amide bonds. The maximum absolute atomic E-state index is 12.6. The first-order valence-corrected chi connectivity index (χ1v) is 9.76. The van der Waals surface area contributed by atoms with Crippen molar-refractivity contribution in [2.24, 2.45) is 0 Å². The van der Waals surface area contributed by atoms with Gasteiger partial charge in [0.1, 0.15) is 5.82 Å². The predicted octanol–water partition coefficient (Wildman–Crippen LogP) is 3.97. The molecule has 1 aliphatic rings. The number of carbonyl (C=O) groups excluding carboxylic acids is 1. The van der Waals surface area contributed by atoms with Gasteiger partial charge in [0.05, 0.1) is 6.42 Å². The van der Waals surface area contributed by atoms with E-state index < -0.39 is 0 Å². The van der Waals surface area contributed by atoms with Crippen LogP contribution in [0.2, 0.25) is 0 Å². The molecule has 0 radical (unpaired) electrons. The van der Waals surface area contributed by atoms with Gasteiger partial charge in [0.2, 0.25) is 5.91 Å². The third-order valence-electron chi connectivity index (χ3n) is 5.20. The normalized spacial score (nSPS) is 14.0. The molecular weight excluding hydrogens is 362 g/mol. The zero-order valence-electron chi connectivity index (χ0n) is 16.7. The molecule has 6 heteroatoms. The highest BCUT2D eigenvalue weighted by Crippen LogP contribution is 2.37. The summed E-state index contributed by atoms with van der Waals surface area (Å²) in [6, 6.07) is 13.7. The summed E-state index contributed by atoms with van der Waals surface area (Å²) in [5.41, 5.74) is 5.26. The van der Waals surface area contributed by atoms with Crippen LogP contribution < -0.4 is 16.0 Å². The van der Waals surface area contributed by atoms with Crippen LogP contribution in [0.3, 0.4) is 0 Å².